The molecule has 0 saturated carbocycles. The molecule has 0 aliphatic carbocycles. The summed E-state index contributed by atoms with van der Waals surface area (Å²) in [4.78, 5) is 26.6. The molecular weight excluding hydrogens is 450 g/mol. The Kier molecular flexibility index (Phi) is 8.85. The number of rotatable bonds is 12. The number of unbranched alkanes of at least 4 members (excludes halogenated alkanes) is 2. The molecule has 0 fully saturated rings. The van der Waals surface area contributed by atoms with E-state index in [4.69, 9.17) is 9.84 Å². The molecule has 0 bridgehead atoms. The SMILES string of the molecule is CC(C)(O)N(Cc1ccccc1OCCCCCC(=O)O)C(=O)c1ccc(-c2cccs2)cc1. The quantitative estimate of drug-likeness (QED) is 0.252. The Hall–Kier alpha value is -3.16. The fourth-order valence-electron chi connectivity index (χ4n) is 3.57. The summed E-state index contributed by atoms with van der Waals surface area (Å²) < 4.78 is 5.93. The van der Waals surface area contributed by atoms with Crippen LogP contribution < -0.4 is 4.74 Å². The molecule has 34 heavy (non-hydrogen) atoms. The first kappa shape index (κ1) is 25.5. The van der Waals surface area contributed by atoms with E-state index in [9.17, 15) is 14.7 Å². The highest BCUT2D eigenvalue weighted by Gasteiger charge is 2.30. The third-order valence-electron chi connectivity index (χ3n) is 5.44. The molecule has 2 N–H and O–H groups in total. The van der Waals surface area contributed by atoms with Crippen molar-refractivity contribution in [2.24, 2.45) is 0 Å². The third kappa shape index (κ3) is 7.17. The van der Waals surface area contributed by atoms with E-state index < -0.39 is 11.7 Å². The summed E-state index contributed by atoms with van der Waals surface area (Å²) in [5.74, 6) is -0.409. The minimum absolute atomic E-state index is 0.160. The normalized spacial score (nSPS) is 11.3. The number of hydrogen-bond donors (Lipinski definition) is 2. The van der Waals surface area contributed by atoms with Crippen molar-refractivity contribution in [3.63, 3.8) is 0 Å². The Morgan fingerprint density at radius 1 is 0.971 bits per heavy atom. The minimum Gasteiger partial charge on any atom is -0.493 e. The Morgan fingerprint density at radius 3 is 2.35 bits per heavy atom. The van der Waals surface area contributed by atoms with E-state index in [0.717, 1.165) is 28.8 Å². The van der Waals surface area contributed by atoms with Crippen LogP contribution in [0.15, 0.2) is 66.0 Å². The van der Waals surface area contributed by atoms with E-state index in [0.29, 0.717) is 24.3 Å². The van der Waals surface area contributed by atoms with Gasteiger partial charge in [0, 0.05) is 22.4 Å². The van der Waals surface area contributed by atoms with Crippen molar-refractivity contribution in [3.8, 4) is 16.2 Å². The molecule has 0 saturated heterocycles. The zero-order valence-corrected chi connectivity index (χ0v) is 20.4. The standard InChI is InChI=1S/C27H31NO5S/c1-27(2,32)28(26(31)21-15-13-20(14-16-21)24-11-8-18-34-24)19-22-9-5-6-10-23(22)33-17-7-3-4-12-25(29)30/h5-6,8-11,13-16,18,32H,3-4,7,12,17,19H2,1-2H3,(H,29,30). The van der Waals surface area contributed by atoms with Gasteiger partial charge in [0.2, 0.25) is 0 Å². The fourth-order valence-corrected chi connectivity index (χ4v) is 4.31. The monoisotopic (exact) mass is 481 g/mol. The molecule has 3 aromatic rings. The number of hydrogen-bond acceptors (Lipinski definition) is 5. The van der Waals surface area contributed by atoms with E-state index in [2.05, 4.69) is 0 Å². The lowest BCUT2D eigenvalue weighted by Gasteiger charge is -2.34. The number of carbonyl (C=O) groups excluding carboxylic acids is 1. The van der Waals surface area contributed by atoms with Gasteiger partial charge in [0.25, 0.3) is 5.91 Å². The third-order valence-corrected chi connectivity index (χ3v) is 6.36. The molecule has 0 aliphatic heterocycles. The van der Waals surface area contributed by atoms with Crippen LogP contribution in [-0.2, 0) is 11.3 Å². The van der Waals surface area contributed by atoms with Gasteiger partial charge in [-0.1, -0.05) is 36.4 Å². The molecule has 3 rings (SSSR count). The lowest BCUT2D eigenvalue weighted by Crippen LogP contribution is -2.47. The van der Waals surface area contributed by atoms with Crippen LogP contribution in [0.3, 0.4) is 0 Å². The Bertz CT molecular complexity index is 1070. The fraction of sp³-hybridized carbons (Fsp3) is 0.333. The first-order valence-corrected chi connectivity index (χ1v) is 12.2. The lowest BCUT2D eigenvalue weighted by molar-refractivity contribution is -0.137. The van der Waals surface area contributed by atoms with Crippen molar-refractivity contribution in [2.75, 3.05) is 6.61 Å². The van der Waals surface area contributed by atoms with Crippen molar-refractivity contribution in [1.82, 2.24) is 4.90 Å². The molecule has 0 radical (unpaired) electrons. The first-order chi connectivity index (χ1) is 16.3. The average Bonchev–Trinajstić information content (AvgIpc) is 3.34. The van der Waals surface area contributed by atoms with E-state index in [1.165, 1.54) is 4.90 Å². The molecule has 0 spiro atoms. The minimum atomic E-state index is -1.38. The average molecular weight is 482 g/mol. The van der Waals surface area contributed by atoms with E-state index in [1.54, 1.807) is 37.3 Å². The van der Waals surface area contributed by atoms with Gasteiger partial charge >= 0.3 is 5.97 Å². The molecule has 2 aromatic carbocycles. The Balaban J connectivity index is 1.69. The van der Waals surface area contributed by atoms with Gasteiger partial charge in [-0.2, -0.15) is 0 Å². The molecule has 0 aliphatic rings. The number of ether oxygens (including phenoxy) is 1. The summed E-state index contributed by atoms with van der Waals surface area (Å²) in [7, 11) is 0. The van der Waals surface area contributed by atoms with Crippen LogP contribution in [0.25, 0.3) is 10.4 Å². The van der Waals surface area contributed by atoms with Crippen molar-refractivity contribution >= 4 is 23.2 Å². The van der Waals surface area contributed by atoms with Gasteiger partial charge in [0.1, 0.15) is 11.5 Å². The second kappa shape index (κ2) is 11.8. The number of amides is 1. The second-order valence-electron chi connectivity index (χ2n) is 8.60. The predicted octanol–water partition coefficient (Wildman–Crippen LogP) is 5.81. The molecular formula is C27H31NO5S. The number of nitrogens with zero attached hydrogens (tertiary/aromatic N) is 1. The number of aliphatic hydroxyl groups is 1. The smallest absolute Gasteiger partial charge is 0.303 e. The first-order valence-electron chi connectivity index (χ1n) is 11.4. The summed E-state index contributed by atoms with van der Waals surface area (Å²) in [5, 5.41) is 21.6. The number of carboxylic acid groups (broad SMARTS) is 1. The maximum Gasteiger partial charge on any atom is 0.303 e. The largest absolute Gasteiger partial charge is 0.493 e. The summed E-state index contributed by atoms with van der Waals surface area (Å²) in [5.41, 5.74) is 0.953. The van der Waals surface area contributed by atoms with Gasteiger partial charge in [0.15, 0.2) is 0 Å². The Morgan fingerprint density at radius 2 is 1.71 bits per heavy atom. The molecule has 0 unspecified atom stereocenters. The van der Waals surface area contributed by atoms with E-state index >= 15 is 0 Å². The molecule has 7 heteroatoms. The van der Waals surface area contributed by atoms with Crippen LogP contribution in [0.5, 0.6) is 5.75 Å². The van der Waals surface area contributed by atoms with Crippen LogP contribution in [0.4, 0.5) is 0 Å². The van der Waals surface area contributed by atoms with E-state index in [1.807, 2.05) is 53.9 Å². The molecule has 1 amide bonds. The molecule has 6 nitrogen and oxygen atoms in total. The van der Waals surface area contributed by atoms with Gasteiger partial charge in [-0.05, 0) is 68.3 Å². The summed E-state index contributed by atoms with van der Waals surface area (Å²) in [6.45, 7) is 3.83. The maximum absolute atomic E-state index is 13.4. The number of thiophene rings is 1. The highest BCUT2D eigenvalue weighted by atomic mass is 32.1. The van der Waals surface area contributed by atoms with Gasteiger partial charge < -0.3 is 19.8 Å². The van der Waals surface area contributed by atoms with Crippen molar-refractivity contribution < 1.29 is 24.5 Å². The molecule has 180 valence electrons. The summed E-state index contributed by atoms with van der Waals surface area (Å²) in [6, 6.07) is 18.9. The van der Waals surface area contributed by atoms with Crippen LogP contribution in [0.2, 0.25) is 0 Å². The molecule has 0 atom stereocenters. The number of para-hydroxylation sites is 1. The summed E-state index contributed by atoms with van der Waals surface area (Å²) >= 11 is 1.64. The van der Waals surface area contributed by atoms with Crippen LogP contribution in [0, 0.1) is 0 Å². The predicted molar refractivity (Wildman–Crippen MR) is 134 cm³/mol. The number of aliphatic carboxylic acids is 1. The van der Waals surface area contributed by atoms with Crippen LogP contribution in [0.1, 0.15) is 55.5 Å². The van der Waals surface area contributed by atoms with Crippen molar-refractivity contribution in [1.29, 1.82) is 0 Å². The van der Waals surface area contributed by atoms with Crippen LogP contribution >= 0.6 is 11.3 Å². The van der Waals surface area contributed by atoms with Gasteiger partial charge in [-0.3, -0.25) is 9.59 Å². The van der Waals surface area contributed by atoms with Gasteiger partial charge in [0.05, 0.1) is 13.2 Å². The number of carboxylic acids is 1. The molecule has 1 heterocycles. The highest BCUT2D eigenvalue weighted by Crippen LogP contribution is 2.28. The van der Waals surface area contributed by atoms with Crippen molar-refractivity contribution in [3.05, 3.63) is 77.2 Å². The summed E-state index contributed by atoms with van der Waals surface area (Å²) in [6.07, 6.45) is 2.29. The zero-order chi connectivity index (χ0) is 24.6. The zero-order valence-electron chi connectivity index (χ0n) is 19.6. The molecule has 1 aromatic heterocycles. The van der Waals surface area contributed by atoms with Gasteiger partial charge in [-0.25, -0.2) is 0 Å². The number of benzene rings is 2. The maximum atomic E-state index is 13.4. The highest BCUT2D eigenvalue weighted by molar-refractivity contribution is 7.13. The van der Waals surface area contributed by atoms with Crippen LogP contribution in [-0.4, -0.2) is 39.3 Å². The van der Waals surface area contributed by atoms with Gasteiger partial charge in [-0.15, -0.1) is 11.3 Å². The number of carbonyl (C=O) groups is 2. The van der Waals surface area contributed by atoms with E-state index in [-0.39, 0.29) is 18.9 Å². The lowest BCUT2D eigenvalue weighted by atomic mass is 10.1. The topological polar surface area (TPSA) is 87.1 Å². The second-order valence-corrected chi connectivity index (χ2v) is 9.55. The van der Waals surface area contributed by atoms with Crippen molar-refractivity contribution in [2.45, 2.75) is 51.8 Å². The Labute approximate surface area is 204 Å².